The zero-order valence-corrected chi connectivity index (χ0v) is 11.0. The molecule has 6 nitrogen and oxygen atoms in total. The van der Waals surface area contributed by atoms with Gasteiger partial charge >= 0.3 is 12.1 Å². The summed E-state index contributed by atoms with van der Waals surface area (Å²) in [5, 5.41) is 8.54. The number of carbonyl (C=O) groups is 2. The van der Waals surface area contributed by atoms with Crippen LogP contribution in [0.25, 0.3) is 0 Å². The SMILES string of the molecule is O=C(O)COC1CCN(C(=O)Oc2ccccc2)CC1. The summed E-state index contributed by atoms with van der Waals surface area (Å²) in [7, 11) is 0. The van der Waals surface area contributed by atoms with Gasteiger partial charge in [0.15, 0.2) is 0 Å². The molecule has 1 N–H and O–H groups in total. The van der Waals surface area contributed by atoms with Crippen molar-refractivity contribution in [3.63, 3.8) is 0 Å². The second-order valence-electron chi connectivity index (χ2n) is 4.57. The first kappa shape index (κ1) is 14.3. The van der Waals surface area contributed by atoms with Crippen LogP contribution in [-0.2, 0) is 9.53 Å². The number of carboxylic acids is 1. The van der Waals surface area contributed by atoms with Gasteiger partial charge in [-0.15, -0.1) is 0 Å². The Labute approximate surface area is 116 Å². The lowest BCUT2D eigenvalue weighted by atomic mass is 10.1. The Morgan fingerprint density at radius 3 is 2.45 bits per heavy atom. The van der Waals surface area contributed by atoms with Gasteiger partial charge in [-0.25, -0.2) is 9.59 Å². The molecule has 1 aliphatic rings. The van der Waals surface area contributed by atoms with Gasteiger partial charge in [0.25, 0.3) is 0 Å². The summed E-state index contributed by atoms with van der Waals surface area (Å²) in [5.74, 6) is -0.460. The third-order valence-corrected chi connectivity index (χ3v) is 3.09. The van der Waals surface area contributed by atoms with E-state index in [0.29, 0.717) is 31.7 Å². The molecule has 1 amide bonds. The maximum Gasteiger partial charge on any atom is 0.415 e. The van der Waals surface area contributed by atoms with Crippen LogP contribution in [0.4, 0.5) is 4.79 Å². The average Bonchev–Trinajstić information content (AvgIpc) is 2.46. The second-order valence-corrected chi connectivity index (χ2v) is 4.57. The van der Waals surface area contributed by atoms with E-state index in [1.807, 2.05) is 6.07 Å². The van der Waals surface area contributed by atoms with Crippen LogP contribution >= 0.6 is 0 Å². The molecule has 0 saturated carbocycles. The summed E-state index contributed by atoms with van der Waals surface area (Å²) in [6.45, 7) is 0.727. The predicted molar refractivity (Wildman–Crippen MR) is 70.6 cm³/mol. The molecule has 0 aromatic heterocycles. The van der Waals surface area contributed by atoms with Crippen LogP contribution < -0.4 is 4.74 Å². The number of benzene rings is 1. The van der Waals surface area contributed by atoms with Gasteiger partial charge < -0.3 is 19.5 Å². The number of amides is 1. The van der Waals surface area contributed by atoms with Gasteiger partial charge in [0.1, 0.15) is 12.4 Å². The van der Waals surface area contributed by atoms with Crippen molar-refractivity contribution in [2.45, 2.75) is 18.9 Å². The van der Waals surface area contributed by atoms with Crippen molar-refractivity contribution in [1.82, 2.24) is 4.90 Å². The Bertz CT molecular complexity index is 454. The molecule has 0 spiro atoms. The number of carboxylic acid groups (broad SMARTS) is 1. The molecule has 1 aromatic carbocycles. The van der Waals surface area contributed by atoms with Gasteiger partial charge in [0, 0.05) is 13.1 Å². The minimum Gasteiger partial charge on any atom is -0.480 e. The minimum atomic E-state index is -0.976. The van der Waals surface area contributed by atoms with E-state index in [9.17, 15) is 9.59 Å². The van der Waals surface area contributed by atoms with Crippen molar-refractivity contribution in [3.8, 4) is 5.75 Å². The van der Waals surface area contributed by atoms with Crippen molar-refractivity contribution in [1.29, 1.82) is 0 Å². The summed E-state index contributed by atoms with van der Waals surface area (Å²) in [6.07, 6.45) is 0.758. The Kier molecular flexibility index (Phi) is 4.95. The number of nitrogens with zero attached hydrogens (tertiary/aromatic N) is 1. The van der Waals surface area contributed by atoms with Gasteiger partial charge in [-0.1, -0.05) is 18.2 Å². The van der Waals surface area contributed by atoms with E-state index in [4.69, 9.17) is 14.6 Å². The molecular formula is C14H17NO5. The number of para-hydroxylation sites is 1. The topological polar surface area (TPSA) is 76.1 Å². The quantitative estimate of drug-likeness (QED) is 0.908. The maximum absolute atomic E-state index is 11.9. The molecule has 2 rings (SSSR count). The molecule has 1 aliphatic heterocycles. The Hall–Kier alpha value is -2.08. The highest BCUT2D eigenvalue weighted by Gasteiger charge is 2.24. The van der Waals surface area contributed by atoms with E-state index in [-0.39, 0.29) is 18.8 Å². The van der Waals surface area contributed by atoms with E-state index in [1.54, 1.807) is 29.2 Å². The molecule has 1 heterocycles. The Morgan fingerprint density at radius 1 is 1.20 bits per heavy atom. The average molecular weight is 279 g/mol. The smallest absolute Gasteiger partial charge is 0.415 e. The fourth-order valence-electron chi connectivity index (χ4n) is 2.05. The lowest BCUT2D eigenvalue weighted by molar-refractivity contribution is -0.145. The molecule has 108 valence electrons. The molecule has 0 bridgehead atoms. The number of hydrogen-bond donors (Lipinski definition) is 1. The highest BCUT2D eigenvalue weighted by molar-refractivity contribution is 5.70. The van der Waals surface area contributed by atoms with Crippen LogP contribution in [0.5, 0.6) is 5.75 Å². The molecule has 0 radical (unpaired) electrons. The minimum absolute atomic E-state index is 0.105. The summed E-state index contributed by atoms with van der Waals surface area (Å²) in [5.41, 5.74) is 0. The molecule has 0 atom stereocenters. The molecule has 6 heteroatoms. The van der Waals surface area contributed by atoms with Crippen LogP contribution in [0.3, 0.4) is 0 Å². The maximum atomic E-state index is 11.9. The number of carbonyl (C=O) groups excluding carboxylic acids is 1. The van der Waals surface area contributed by atoms with Gasteiger partial charge in [0.2, 0.25) is 0 Å². The van der Waals surface area contributed by atoms with Crippen LogP contribution in [0.2, 0.25) is 0 Å². The van der Waals surface area contributed by atoms with Crippen molar-refractivity contribution in [3.05, 3.63) is 30.3 Å². The molecule has 1 aromatic rings. The first-order valence-electron chi connectivity index (χ1n) is 6.50. The summed E-state index contributed by atoms with van der Waals surface area (Å²) in [4.78, 5) is 23.9. The van der Waals surface area contributed by atoms with E-state index in [1.165, 1.54) is 0 Å². The second kappa shape index (κ2) is 6.91. The van der Waals surface area contributed by atoms with Crippen LogP contribution in [0.15, 0.2) is 30.3 Å². The molecule has 0 unspecified atom stereocenters. The molecule has 20 heavy (non-hydrogen) atoms. The number of likely N-dealkylation sites (tertiary alicyclic amines) is 1. The van der Waals surface area contributed by atoms with Gasteiger partial charge in [-0.05, 0) is 25.0 Å². The van der Waals surface area contributed by atoms with Crippen molar-refractivity contribution in [2.75, 3.05) is 19.7 Å². The van der Waals surface area contributed by atoms with Gasteiger partial charge in [-0.3, -0.25) is 0 Å². The molecular weight excluding hydrogens is 262 g/mol. The standard InChI is InChI=1S/C14H17NO5/c16-13(17)10-19-11-6-8-15(9-7-11)14(18)20-12-4-2-1-3-5-12/h1-5,11H,6-10H2,(H,16,17). The monoisotopic (exact) mass is 279 g/mol. The Balaban J connectivity index is 1.76. The van der Waals surface area contributed by atoms with Crippen LogP contribution in [0.1, 0.15) is 12.8 Å². The van der Waals surface area contributed by atoms with Gasteiger partial charge in [-0.2, -0.15) is 0 Å². The Morgan fingerprint density at radius 2 is 1.85 bits per heavy atom. The van der Waals surface area contributed by atoms with E-state index in [0.717, 1.165) is 0 Å². The first-order chi connectivity index (χ1) is 9.65. The third kappa shape index (κ3) is 4.24. The largest absolute Gasteiger partial charge is 0.480 e. The normalized spacial score (nSPS) is 15.9. The van der Waals surface area contributed by atoms with E-state index < -0.39 is 5.97 Å². The highest BCUT2D eigenvalue weighted by Crippen LogP contribution is 2.16. The lowest BCUT2D eigenvalue weighted by Crippen LogP contribution is -2.42. The lowest BCUT2D eigenvalue weighted by Gasteiger charge is -2.30. The van der Waals surface area contributed by atoms with E-state index >= 15 is 0 Å². The fraction of sp³-hybridized carbons (Fsp3) is 0.429. The zero-order chi connectivity index (χ0) is 14.4. The van der Waals surface area contributed by atoms with Crippen molar-refractivity contribution in [2.24, 2.45) is 0 Å². The zero-order valence-electron chi connectivity index (χ0n) is 11.0. The summed E-state index contributed by atoms with van der Waals surface area (Å²) >= 11 is 0. The fourth-order valence-corrected chi connectivity index (χ4v) is 2.05. The number of piperidine rings is 1. The number of aliphatic carboxylic acids is 1. The number of ether oxygens (including phenoxy) is 2. The number of rotatable bonds is 4. The summed E-state index contributed by atoms with van der Waals surface area (Å²) < 4.78 is 10.5. The van der Waals surface area contributed by atoms with Crippen molar-refractivity contribution >= 4 is 12.1 Å². The first-order valence-corrected chi connectivity index (χ1v) is 6.50. The van der Waals surface area contributed by atoms with Gasteiger partial charge in [0.05, 0.1) is 6.10 Å². The predicted octanol–water partition coefficient (Wildman–Crippen LogP) is 1.75. The van der Waals surface area contributed by atoms with Crippen molar-refractivity contribution < 1.29 is 24.2 Å². The third-order valence-electron chi connectivity index (χ3n) is 3.09. The highest BCUT2D eigenvalue weighted by atomic mass is 16.6. The van der Waals surface area contributed by atoms with E-state index in [2.05, 4.69) is 0 Å². The molecule has 0 aliphatic carbocycles. The van der Waals surface area contributed by atoms with Crippen LogP contribution in [-0.4, -0.2) is 47.9 Å². The summed E-state index contributed by atoms with van der Waals surface area (Å²) in [6, 6.07) is 8.90. The molecule has 1 saturated heterocycles. The number of hydrogen-bond acceptors (Lipinski definition) is 4. The molecule has 1 fully saturated rings. The van der Waals surface area contributed by atoms with Crippen LogP contribution in [0, 0.1) is 0 Å².